The molecule has 1 aromatic carbocycles. The zero-order chi connectivity index (χ0) is 22.7. The van der Waals surface area contributed by atoms with Crippen molar-refractivity contribution in [2.45, 2.75) is 39.2 Å². The number of rotatable bonds is 8. The maximum absolute atomic E-state index is 13.1. The number of amides is 1. The van der Waals surface area contributed by atoms with Crippen molar-refractivity contribution >= 4 is 28.8 Å². The van der Waals surface area contributed by atoms with Crippen molar-refractivity contribution in [2.24, 2.45) is 0 Å². The van der Waals surface area contributed by atoms with Crippen LogP contribution in [0.5, 0.6) is 5.75 Å². The minimum Gasteiger partial charge on any atom is -0.507 e. The first-order valence-corrected chi connectivity index (χ1v) is 11.2. The largest absolute Gasteiger partial charge is 0.507 e. The highest BCUT2D eigenvalue weighted by Crippen LogP contribution is 2.42. The van der Waals surface area contributed by atoms with Gasteiger partial charge in [0, 0.05) is 30.7 Å². The molecule has 1 aromatic heterocycles. The molecule has 1 saturated heterocycles. The Kier molecular flexibility index (Phi) is 7.18. The third-order valence-electron chi connectivity index (χ3n) is 5.55. The summed E-state index contributed by atoms with van der Waals surface area (Å²) in [4.78, 5) is 28.3. The Bertz CT molecular complexity index is 994. The van der Waals surface area contributed by atoms with Crippen molar-refractivity contribution in [3.8, 4) is 5.75 Å². The number of benzene rings is 1. The molecule has 0 radical (unpaired) electrons. The van der Waals surface area contributed by atoms with Crippen LogP contribution in [0, 0.1) is 6.92 Å². The normalized spacial score (nSPS) is 18.3. The lowest BCUT2D eigenvalue weighted by Gasteiger charge is -2.24. The van der Waals surface area contributed by atoms with Crippen LogP contribution in [-0.2, 0) is 14.3 Å². The van der Waals surface area contributed by atoms with E-state index in [1.807, 2.05) is 50.4 Å². The van der Waals surface area contributed by atoms with Gasteiger partial charge in [0.05, 0.1) is 18.7 Å². The molecule has 1 aliphatic heterocycles. The van der Waals surface area contributed by atoms with Gasteiger partial charge in [-0.1, -0.05) is 19.9 Å². The van der Waals surface area contributed by atoms with Gasteiger partial charge in [0.1, 0.15) is 11.5 Å². The van der Waals surface area contributed by atoms with Crippen molar-refractivity contribution in [2.75, 3.05) is 27.4 Å². The van der Waals surface area contributed by atoms with E-state index >= 15 is 0 Å². The van der Waals surface area contributed by atoms with E-state index in [0.717, 1.165) is 21.8 Å². The Morgan fingerprint density at radius 3 is 2.58 bits per heavy atom. The summed E-state index contributed by atoms with van der Waals surface area (Å²) in [5.41, 5.74) is 2.37. The summed E-state index contributed by atoms with van der Waals surface area (Å²) in [6, 6.07) is 6.88. The Morgan fingerprint density at radius 2 is 2.00 bits per heavy atom. The van der Waals surface area contributed by atoms with Crippen LogP contribution >= 0.6 is 11.3 Å². The molecular weight excluding hydrogens is 414 g/mol. The first kappa shape index (κ1) is 23.0. The van der Waals surface area contributed by atoms with Crippen LogP contribution in [0.1, 0.15) is 53.8 Å². The fourth-order valence-electron chi connectivity index (χ4n) is 3.96. The molecule has 1 unspecified atom stereocenters. The number of Topliss-reactive ketones (excluding diaryl/α,β-unsaturated/α-hetero) is 1. The number of carbonyl (C=O) groups is 2. The molecule has 166 valence electrons. The molecule has 1 aliphatic rings. The number of likely N-dealkylation sites (tertiary alicyclic amines) is 1. The summed E-state index contributed by atoms with van der Waals surface area (Å²) < 4.78 is 10.6. The lowest BCUT2D eigenvalue weighted by atomic mass is 9.92. The third-order valence-corrected chi connectivity index (χ3v) is 6.48. The molecule has 1 fully saturated rings. The van der Waals surface area contributed by atoms with Crippen LogP contribution in [0.2, 0.25) is 0 Å². The van der Waals surface area contributed by atoms with Crippen molar-refractivity contribution < 1.29 is 24.2 Å². The molecule has 2 aromatic rings. The van der Waals surface area contributed by atoms with E-state index < -0.39 is 17.7 Å². The first-order valence-electron chi connectivity index (χ1n) is 10.3. The molecule has 0 bridgehead atoms. The summed E-state index contributed by atoms with van der Waals surface area (Å²) in [6.45, 7) is 6.79. The van der Waals surface area contributed by atoms with Crippen LogP contribution in [0.15, 0.2) is 35.2 Å². The van der Waals surface area contributed by atoms with E-state index in [4.69, 9.17) is 9.47 Å². The maximum atomic E-state index is 13.1. The molecule has 31 heavy (non-hydrogen) atoms. The molecule has 1 N–H and O–H groups in total. The maximum Gasteiger partial charge on any atom is 0.295 e. The molecule has 0 saturated carbocycles. The highest BCUT2D eigenvalue weighted by molar-refractivity contribution is 7.10. The van der Waals surface area contributed by atoms with Gasteiger partial charge in [-0.2, -0.15) is 0 Å². The number of aliphatic hydroxyl groups is 1. The third kappa shape index (κ3) is 4.38. The predicted octanol–water partition coefficient (Wildman–Crippen LogP) is 4.65. The average molecular weight is 444 g/mol. The van der Waals surface area contributed by atoms with Gasteiger partial charge in [-0.05, 0) is 54.0 Å². The van der Waals surface area contributed by atoms with Crippen molar-refractivity contribution in [1.82, 2.24) is 4.90 Å². The smallest absolute Gasteiger partial charge is 0.295 e. The number of hydrogen-bond acceptors (Lipinski definition) is 6. The Balaban J connectivity index is 2.17. The zero-order valence-electron chi connectivity index (χ0n) is 18.6. The highest BCUT2D eigenvalue weighted by Gasteiger charge is 2.46. The summed E-state index contributed by atoms with van der Waals surface area (Å²) in [7, 11) is 3.21. The number of nitrogens with zero attached hydrogens (tertiary/aromatic N) is 1. The standard InChI is InChI=1S/C24H29NO5S/c1-14(2)16-13-17(15(3)12-18(16)30-5)22(26)20-21(19-8-6-11-31-19)25(9-7-10-29-4)24(28)23(20)27/h6,8,11-14,21,26H,7,9-10H2,1-5H3/b22-20+. The van der Waals surface area contributed by atoms with E-state index in [2.05, 4.69) is 0 Å². The Labute approximate surface area is 187 Å². The molecule has 3 rings (SSSR count). The quantitative estimate of drug-likeness (QED) is 0.278. The van der Waals surface area contributed by atoms with Gasteiger partial charge in [-0.25, -0.2) is 0 Å². The molecule has 2 heterocycles. The Hall–Kier alpha value is -2.64. The molecule has 7 heteroatoms. The van der Waals surface area contributed by atoms with Crippen LogP contribution < -0.4 is 4.74 Å². The summed E-state index contributed by atoms with van der Waals surface area (Å²) >= 11 is 1.46. The Morgan fingerprint density at radius 1 is 1.26 bits per heavy atom. The van der Waals surface area contributed by atoms with Crippen LogP contribution in [0.3, 0.4) is 0 Å². The van der Waals surface area contributed by atoms with Gasteiger partial charge in [-0.3, -0.25) is 9.59 Å². The fraction of sp³-hybridized carbons (Fsp3) is 0.417. The summed E-state index contributed by atoms with van der Waals surface area (Å²) in [5.74, 6) is -0.500. The SMILES string of the molecule is COCCCN1C(=O)C(=O)/C(=C(/O)c2cc(C(C)C)c(OC)cc2C)C1c1cccs1. The van der Waals surface area contributed by atoms with Crippen molar-refractivity contribution in [3.05, 3.63) is 56.8 Å². The van der Waals surface area contributed by atoms with Crippen molar-refractivity contribution in [3.63, 3.8) is 0 Å². The number of hydrogen-bond donors (Lipinski definition) is 1. The second-order valence-corrected chi connectivity index (χ2v) is 8.90. The monoisotopic (exact) mass is 443 g/mol. The van der Waals surface area contributed by atoms with Gasteiger partial charge in [0.2, 0.25) is 0 Å². The average Bonchev–Trinajstić information content (AvgIpc) is 3.35. The number of aryl methyl sites for hydroxylation is 1. The predicted molar refractivity (Wildman–Crippen MR) is 122 cm³/mol. The second-order valence-electron chi connectivity index (χ2n) is 7.92. The van der Waals surface area contributed by atoms with E-state index in [0.29, 0.717) is 25.1 Å². The number of ketones is 1. The van der Waals surface area contributed by atoms with Gasteiger partial charge in [0.25, 0.3) is 11.7 Å². The minimum absolute atomic E-state index is 0.132. The topological polar surface area (TPSA) is 76.1 Å². The number of aliphatic hydroxyl groups excluding tert-OH is 1. The van der Waals surface area contributed by atoms with Gasteiger partial charge >= 0.3 is 0 Å². The minimum atomic E-state index is -0.658. The van der Waals surface area contributed by atoms with Gasteiger partial charge in [0.15, 0.2) is 0 Å². The summed E-state index contributed by atoms with van der Waals surface area (Å²) in [5, 5.41) is 13.2. The lowest BCUT2D eigenvalue weighted by Crippen LogP contribution is -2.31. The molecule has 1 atom stereocenters. The number of thiophene rings is 1. The first-order chi connectivity index (χ1) is 14.8. The summed E-state index contributed by atoms with van der Waals surface area (Å²) in [6.07, 6.45) is 0.602. The molecular formula is C24H29NO5S. The molecule has 0 aliphatic carbocycles. The molecule has 6 nitrogen and oxygen atoms in total. The number of carbonyl (C=O) groups excluding carboxylic acids is 2. The highest BCUT2D eigenvalue weighted by atomic mass is 32.1. The van der Waals surface area contributed by atoms with Gasteiger partial charge in [-0.15, -0.1) is 11.3 Å². The van der Waals surface area contributed by atoms with Crippen LogP contribution in [-0.4, -0.2) is 49.1 Å². The van der Waals surface area contributed by atoms with Crippen LogP contribution in [0.25, 0.3) is 5.76 Å². The zero-order valence-corrected chi connectivity index (χ0v) is 19.4. The number of ether oxygens (including phenoxy) is 2. The fourth-order valence-corrected chi connectivity index (χ4v) is 4.80. The molecule has 1 amide bonds. The van der Waals surface area contributed by atoms with E-state index in [-0.39, 0.29) is 17.3 Å². The van der Waals surface area contributed by atoms with Gasteiger partial charge < -0.3 is 19.5 Å². The lowest BCUT2D eigenvalue weighted by molar-refractivity contribution is -0.140. The van der Waals surface area contributed by atoms with E-state index in [9.17, 15) is 14.7 Å². The second kappa shape index (κ2) is 9.66. The molecule has 0 spiro atoms. The number of methoxy groups -OCH3 is 2. The van der Waals surface area contributed by atoms with E-state index in [1.54, 1.807) is 19.1 Å². The van der Waals surface area contributed by atoms with Crippen molar-refractivity contribution in [1.29, 1.82) is 0 Å². The van der Waals surface area contributed by atoms with E-state index in [1.165, 1.54) is 11.3 Å². The van der Waals surface area contributed by atoms with Crippen LogP contribution in [0.4, 0.5) is 0 Å².